The maximum absolute atomic E-state index is 11.8. The molecule has 2 heterocycles. The van der Waals surface area contributed by atoms with Crippen molar-refractivity contribution in [3.63, 3.8) is 0 Å². The van der Waals surface area contributed by atoms with Gasteiger partial charge in [0.05, 0.1) is 12.5 Å². The molecule has 0 N–H and O–H groups in total. The van der Waals surface area contributed by atoms with E-state index in [0.29, 0.717) is 6.61 Å². The second-order valence-electron chi connectivity index (χ2n) is 6.08. The molecule has 0 saturated carbocycles. The zero-order valence-electron chi connectivity index (χ0n) is 14.1. The predicted molar refractivity (Wildman–Crippen MR) is 98.7 cm³/mol. The molecule has 1 aromatic heterocycles. The molecular formula is C20H24NO2S. The fourth-order valence-electron chi connectivity index (χ4n) is 3.18. The molecule has 1 radical (unpaired) electrons. The van der Waals surface area contributed by atoms with E-state index in [0.717, 1.165) is 32.4 Å². The van der Waals surface area contributed by atoms with E-state index in [-0.39, 0.29) is 11.9 Å². The van der Waals surface area contributed by atoms with Gasteiger partial charge >= 0.3 is 5.97 Å². The lowest BCUT2D eigenvalue weighted by Gasteiger charge is -2.30. The number of likely N-dealkylation sites (tertiary alicyclic amines) is 1. The minimum atomic E-state index is -0.0276. The standard InChI is InChI=1S/C20H24NO2S/c1-2-23-20(22)17-10-13-21(14-11-17)12-9-16-6-3-4-7-18(16)19-8-5-15-24-19/h3-8,12,15,17H,2,9-11,13-14H2,1H3. The summed E-state index contributed by atoms with van der Waals surface area (Å²) < 4.78 is 5.14. The molecular weight excluding hydrogens is 318 g/mol. The van der Waals surface area contributed by atoms with Crippen LogP contribution >= 0.6 is 11.3 Å². The highest BCUT2D eigenvalue weighted by Gasteiger charge is 2.25. The maximum atomic E-state index is 11.8. The Morgan fingerprint density at radius 2 is 2.04 bits per heavy atom. The number of nitrogens with zero attached hydrogens (tertiary/aromatic N) is 1. The Hall–Kier alpha value is -1.65. The highest BCUT2D eigenvalue weighted by molar-refractivity contribution is 7.13. The lowest BCUT2D eigenvalue weighted by Crippen LogP contribution is -2.35. The highest BCUT2D eigenvalue weighted by Crippen LogP contribution is 2.29. The van der Waals surface area contributed by atoms with E-state index in [2.05, 4.69) is 53.2 Å². The van der Waals surface area contributed by atoms with Crippen LogP contribution < -0.4 is 0 Å². The third-order valence-electron chi connectivity index (χ3n) is 4.52. The number of thiophene rings is 1. The molecule has 0 atom stereocenters. The first-order chi connectivity index (χ1) is 11.8. The Labute approximate surface area is 148 Å². The molecule has 127 valence electrons. The lowest BCUT2D eigenvalue weighted by atomic mass is 9.96. The monoisotopic (exact) mass is 342 g/mol. The van der Waals surface area contributed by atoms with Crippen LogP contribution in [0.15, 0.2) is 41.8 Å². The van der Waals surface area contributed by atoms with Gasteiger partial charge in [0.1, 0.15) is 0 Å². The van der Waals surface area contributed by atoms with E-state index >= 15 is 0 Å². The number of carbonyl (C=O) groups is 1. The maximum Gasteiger partial charge on any atom is 0.309 e. The molecule has 0 amide bonds. The number of hydrogen-bond acceptors (Lipinski definition) is 4. The summed E-state index contributed by atoms with van der Waals surface area (Å²) in [4.78, 5) is 15.5. The van der Waals surface area contributed by atoms with E-state index in [9.17, 15) is 4.79 Å². The summed E-state index contributed by atoms with van der Waals surface area (Å²) in [5, 5.41) is 2.12. The minimum absolute atomic E-state index is 0.0276. The first-order valence-electron chi connectivity index (χ1n) is 8.63. The molecule has 0 bridgehead atoms. The summed E-state index contributed by atoms with van der Waals surface area (Å²) in [6.45, 7) is 6.50. The highest BCUT2D eigenvalue weighted by atomic mass is 32.1. The summed E-state index contributed by atoms with van der Waals surface area (Å²) in [6.07, 6.45) is 2.71. The zero-order chi connectivity index (χ0) is 16.8. The van der Waals surface area contributed by atoms with E-state index in [1.54, 1.807) is 11.3 Å². The molecule has 1 fully saturated rings. The van der Waals surface area contributed by atoms with Gasteiger partial charge in [0, 0.05) is 11.4 Å². The van der Waals surface area contributed by atoms with E-state index < -0.39 is 0 Å². The van der Waals surface area contributed by atoms with Crippen LogP contribution in [0.5, 0.6) is 0 Å². The molecule has 2 aromatic rings. The van der Waals surface area contributed by atoms with Gasteiger partial charge in [-0.2, -0.15) is 0 Å². The second-order valence-corrected chi connectivity index (χ2v) is 7.03. The van der Waals surface area contributed by atoms with Gasteiger partial charge in [0.2, 0.25) is 0 Å². The predicted octanol–water partition coefficient (Wildman–Crippen LogP) is 4.39. The molecule has 0 aliphatic carbocycles. The van der Waals surface area contributed by atoms with E-state index in [1.807, 2.05) is 6.92 Å². The summed E-state index contributed by atoms with van der Waals surface area (Å²) in [6, 6.07) is 12.9. The SMILES string of the molecule is CCOC(=O)C1CCN([CH]Cc2ccccc2-c2cccs2)CC1. The van der Waals surface area contributed by atoms with Gasteiger partial charge in [-0.05, 0) is 61.8 Å². The molecule has 3 rings (SSSR count). The van der Waals surface area contributed by atoms with Crippen LogP contribution in [0.1, 0.15) is 25.3 Å². The van der Waals surface area contributed by atoms with Crippen LogP contribution in [0.4, 0.5) is 0 Å². The van der Waals surface area contributed by atoms with Crippen LogP contribution in [0.2, 0.25) is 0 Å². The van der Waals surface area contributed by atoms with Crippen molar-refractivity contribution in [3.8, 4) is 10.4 Å². The normalized spacial score (nSPS) is 16.2. The third-order valence-corrected chi connectivity index (χ3v) is 5.43. The molecule has 24 heavy (non-hydrogen) atoms. The average molecular weight is 342 g/mol. The van der Waals surface area contributed by atoms with E-state index in [4.69, 9.17) is 4.74 Å². The lowest BCUT2D eigenvalue weighted by molar-refractivity contribution is -0.149. The van der Waals surface area contributed by atoms with Crippen molar-refractivity contribution in [1.29, 1.82) is 0 Å². The Bertz CT molecular complexity index is 645. The number of ether oxygens (including phenoxy) is 1. The molecule has 0 unspecified atom stereocenters. The summed E-state index contributed by atoms with van der Waals surface area (Å²) >= 11 is 1.78. The molecule has 1 aliphatic heterocycles. The third kappa shape index (κ3) is 4.25. The van der Waals surface area contributed by atoms with Crippen LogP contribution in [0.25, 0.3) is 10.4 Å². The average Bonchev–Trinajstić information content (AvgIpc) is 3.15. The number of esters is 1. The summed E-state index contributed by atoms with van der Waals surface area (Å²) in [5.41, 5.74) is 2.68. The Morgan fingerprint density at radius 3 is 2.75 bits per heavy atom. The van der Waals surface area contributed by atoms with Crippen LogP contribution in [-0.4, -0.2) is 30.6 Å². The van der Waals surface area contributed by atoms with Crippen molar-refractivity contribution in [3.05, 3.63) is 53.9 Å². The van der Waals surface area contributed by atoms with Gasteiger partial charge in [0.15, 0.2) is 0 Å². The van der Waals surface area contributed by atoms with Crippen molar-refractivity contribution < 1.29 is 9.53 Å². The summed E-state index contributed by atoms with van der Waals surface area (Å²) in [7, 11) is 0. The fraction of sp³-hybridized carbons (Fsp3) is 0.400. The van der Waals surface area contributed by atoms with Crippen molar-refractivity contribution in [1.82, 2.24) is 4.90 Å². The topological polar surface area (TPSA) is 29.5 Å². The zero-order valence-corrected chi connectivity index (χ0v) is 14.9. The molecule has 0 spiro atoms. The van der Waals surface area contributed by atoms with Crippen LogP contribution in [-0.2, 0) is 16.0 Å². The van der Waals surface area contributed by atoms with Crippen molar-refractivity contribution in [2.45, 2.75) is 26.2 Å². The van der Waals surface area contributed by atoms with Gasteiger partial charge < -0.3 is 4.74 Å². The first-order valence-corrected chi connectivity index (χ1v) is 9.51. The van der Waals surface area contributed by atoms with Gasteiger partial charge in [0.25, 0.3) is 0 Å². The van der Waals surface area contributed by atoms with E-state index in [1.165, 1.54) is 16.0 Å². The minimum Gasteiger partial charge on any atom is -0.466 e. The Kier molecular flexibility index (Phi) is 6.05. The van der Waals surface area contributed by atoms with Gasteiger partial charge in [-0.3, -0.25) is 9.69 Å². The van der Waals surface area contributed by atoms with Gasteiger partial charge in [-0.15, -0.1) is 11.3 Å². The quantitative estimate of drug-likeness (QED) is 0.729. The van der Waals surface area contributed by atoms with Crippen LogP contribution in [0.3, 0.4) is 0 Å². The molecule has 3 nitrogen and oxygen atoms in total. The largest absolute Gasteiger partial charge is 0.466 e. The smallest absolute Gasteiger partial charge is 0.309 e. The van der Waals surface area contributed by atoms with Crippen molar-refractivity contribution in [2.75, 3.05) is 19.7 Å². The molecule has 1 saturated heterocycles. The van der Waals surface area contributed by atoms with Crippen molar-refractivity contribution >= 4 is 17.3 Å². The molecule has 1 aromatic carbocycles. The number of hydrogen-bond donors (Lipinski definition) is 0. The molecule has 1 aliphatic rings. The van der Waals surface area contributed by atoms with Gasteiger partial charge in [-0.1, -0.05) is 30.3 Å². The summed E-state index contributed by atoms with van der Waals surface area (Å²) in [5.74, 6) is 0.0493. The van der Waals surface area contributed by atoms with Crippen molar-refractivity contribution in [2.24, 2.45) is 5.92 Å². The number of rotatable bonds is 6. The number of piperidine rings is 1. The first kappa shape index (κ1) is 17.2. The number of carbonyl (C=O) groups excluding carboxylic acids is 1. The fourth-order valence-corrected chi connectivity index (χ4v) is 3.96. The van der Waals surface area contributed by atoms with Crippen LogP contribution in [0, 0.1) is 12.5 Å². The van der Waals surface area contributed by atoms with Gasteiger partial charge in [-0.25, -0.2) is 0 Å². The Balaban J connectivity index is 1.54. The second kappa shape index (κ2) is 8.45. The molecule has 4 heteroatoms. The Morgan fingerprint density at radius 1 is 1.25 bits per heavy atom. The number of benzene rings is 1.